The molecule has 5 aromatic heterocycles. The van der Waals surface area contributed by atoms with Gasteiger partial charge in [0.15, 0.2) is 17.3 Å². The van der Waals surface area contributed by atoms with Crippen LogP contribution in [0.2, 0.25) is 0 Å². The van der Waals surface area contributed by atoms with Crippen LogP contribution in [-0.2, 0) is 23.1 Å². The molecule has 11 nitrogen and oxygen atoms in total. The molecule has 5 heterocycles. The Morgan fingerprint density at radius 1 is 0.976 bits per heavy atom. The summed E-state index contributed by atoms with van der Waals surface area (Å²) in [5, 5.41) is 7.32. The number of sulfonamides is 1. The van der Waals surface area contributed by atoms with Gasteiger partial charge in [-0.3, -0.25) is 15.1 Å². The average molecular weight is 590 g/mol. The minimum Gasteiger partial charge on any atom is -0.321 e. The van der Waals surface area contributed by atoms with E-state index >= 15 is 4.39 Å². The fraction of sp³-hybridized carbons (Fsp3) is 0.179. The number of nitrogens with zero attached hydrogens (tertiary/aromatic N) is 6. The van der Waals surface area contributed by atoms with Gasteiger partial charge in [-0.15, -0.1) is 0 Å². The molecule has 0 fully saturated rings. The summed E-state index contributed by atoms with van der Waals surface area (Å²) in [5.74, 6) is -0.869. The van der Waals surface area contributed by atoms with E-state index < -0.39 is 21.7 Å². The minimum atomic E-state index is -3.47. The largest absolute Gasteiger partial charge is 0.321 e. The number of halogens is 2. The van der Waals surface area contributed by atoms with E-state index in [2.05, 4.69) is 39.8 Å². The van der Waals surface area contributed by atoms with Crippen molar-refractivity contribution in [2.75, 3.05) is 20.4 Å². The number of nitrogens with one attached hydrogen (secondary N) is 3. The molecule has 0 atom stereocenters. The Balaban J connectivity index is 1.43. The lowest BCUT2D eigenvalue weighted by Gasteiger charge is -2.10. The number of rotatable bonds is 8. The van der Waals surface area contributed by atoms with Crippen molar-refractivity contribution in [3.63, 3.8) is 0 Å². The third kappa shape index (κ3) is 5.46. The topological polar surface area (TPSA) is 145 Å². The summed E-state index contributed by atoms with van der Waals surface area (Å²) in [6.45, 7) is 0.559. The highest BCUT2D eigenvalue weighted by Crippen LogP contribution is 2.34. The zero-order chi connectivity index (χ0) is 29.6. The highest BCUT2D eigenvalue weighted by molar-refractivity contribution is 7.88. The Hall–Kier alpha value is -4.66. The van der Waals surface area contributed by atoms with Gasteiger partial charge in [-0.05, 0) is 61.1 Å². The van der Waals surface area contributed by atoms with Crippen LogP contribution in [0.4, 0.5) is 8.78 Å². The summed E-state index contributed by atoms with van der Waals surface area (Å²) in [6, 6.07) is 7.78. The van der Waals surface area contributed by atoms with Gasteiger partial charge in [0.25, 0.3) is 0 Å². The van der Waals surface area contributed by atoms with Gasteiger partial charge in [0, 0.05) is 42.8 Å². The summed E-state index contributed by atoms with van der Waals surface area (Å²) in [6.07, 6.45) is 7.37. The molecule has 214 valence electrons. The molecule has 0 saturated carbocycles. The first kappa shape index (κ1) is 27.5. The minimum absolute atomic E-state index is 0.0773. The fourth-order valence-corrected chi connectivity index (χ4v) is 5.22. The van der Waals surface area contributed by atoms with Crippen LogP contribution in [0.15, 0.2) is 55.1 Å². The Labute approximate surface area is 239 Å². The smallest absolute Gasteiger partial charge is 0.209 e. The van der Waals surface area contributed by atoms with E-state index in [0.29, 0.717) is 45.5 Å². The molecule has 0 radical (unpaired) electrons. The van der Waals surface area contributed by atoms with Crippen LogP contribution in [0.25, 0.3) is 56.0 Å². The lowest BCUT2D eigenvalue weighted by Crippen LogP contribution is -2.21. The Morgan fingerprint density at radius 3 is 2.57 bits per heavy atom. The van der Waals surface area contributed by atoms with Crippen LogP contribution in [0.3, 0.4) is 0 Å². The van der Waals surface area contributed by atoms with Gasteiger partial charge >= 0.3 is 0 Å². The van der Waals surface area contributed by atoms with Gasteiger partial charge in [0.05, 0.1) is 23.4 Å². The second kappa shape index (κ2) is 10.6. The maximum absolute atomic E-state index is 16.1. The quantitative estimate of drug-likeness (QED) is 0.241. The standard InChI is InChI=1S/C28H25F2N9O2S/c1-39(2)14-16-7-18(12-31-10-16)24-23(30)22-21(13-33-24)37-38-26(22)28-35-25-20(4-5-32-27(25)36-28)17-6-15(8-19(29)9-17)11-34-42(3,40)41/h4-10,12-13,34H,11,14H2,1-3H3,(H,37,38)(H,32,35,36). The molecular formula is C28H25F2N9O2S. The van der Waals surface area contributed by atoms with Gasteiger partial charge in [0.1, 0.15) is 22.7 Å². The van der Waals surface area contributed by atoms with Crippen molar-refractivity contribution in [2.24, 2.45) is 0 Å². The molecule has 0 amide bonds. The van der Waals surface area contributed by atoms with Crippen LogP contribution in [0.1, 0.15) is 11.1 Å². The van der Waals surface area contributed by atoms with E-state index in [4.69, 9.17) is 0 Å². The van der Waals surface area contributed by atoms with Crippen molar-refractivity contribution < 1.29 is 17.2 Å². The van der Waals surface area contributed by atoms with Crippen LogP contribution in [-0.4, -0.2) is 68.8 Å². The predicted molar refractivity (Wildman–Crippen MR) is 154 cm³/mol. The van der Waals surface area contributed by atoms with E-state index in [1.807, 2.05) is 25.1 Å². The molecule has 6 aromatic rings. The van der Waals surface area contributed by atoms with Gasteiger partial charge in [-0.2, -0.15) is 5.10 Å². The Kier molecular flexibility index (Phi) is 6.96. The van der Waals surface area contributed by atoms with Gasteiger partial charge in [-0.25, -0.2) is 31.9 Å². The molecule has 42 heavy (non-hydrogen) atoms. The number of benzene rings is 1. The third-order valence-electron chi connectivity index (χ3n) is 6.53. The lowest BCUT2D eigenvalue weighted by molar-refractivity contribution is 0.402. The Bertz CT molecular complexity index is 2070. The molecule has 1 aromatic carbocycles. The van der Waals surface area contributed by atoms with Gasteiger partial charge in [0.2, 0.25) is 10.0 Å². The number of aromatic amines is 2. The second-order valence-electron chi connectivity index (χ2n) is 10.2. The van der Waals surface area contributed by atoms with Crippen LogP contribution in [0, 0.1) is 11.6 Å². The van der Waals surface area contributed by atoms with E-state index in [0.717, 1.165) is 11.8 Å². The first-order valence-electron chi connectivity index (χ1n) is 12.8. The summed E-state index contributed by atoms with van der Waals surface area (Å²) < 4.78 is 56.1. The summed E-state index contributed by atoms with van der Waals surface area (Å²) in [4.78, 5) is 22.7. The number of H-pyrrole nitrogens is 2. The molecule has 0 bridgehead atoms. The summed E-state index contributed by atoms with van der Waals surface area (Å²) >= 11 is 0. The van der Waals surface area contributed by atoms with E-state index in [9.17, 15) is 12.8 Å². The zero-order valence-electron chi connectivity index (χ0n) is 22.8. The molecule has 14 heteroatoms. The molecule has 6 rings (SSSR count). The van der Waals surface area contributed by atoms with Crippen molar-refractivity contribution in [2.45, 2.75) is 13.1 Å². The number of fused-ring (bicyclic) bond motifs is 2. The number of hydrogen-bond donors (Lipinski definition) is 3. The maximum Gasteiger partial charge on any atom is 0.209 e. The van der Waals surface area contributed by atoms with E-state index in [1.54, 1.807) is 24.5 Å². The van der Waals surface area contributed by atoms with Crippen LogP contribution >= 0.6 is 0 Å². The summed E-state index contributed by atoms with van der Waals surface area (Å²) in [5.41, 5.74) is 4.42. The number of pyridine rings is 3. The molecule has 0 unspecified atom stereocenters. The second-order valence-corrected chi connectivity index (χ2v) is 12.0. The first-order chi connectivity index (χ1) is 20.1. The normalized spacial score (nSPS) is 12.1. The predicted octanol–water partition coefficient (Wildman–Crippen LogP) is 4.01. The monoisotopic (exact) mass is 589 g/mol. The van der Waals surface area contributed by atoms with E-state index in [1.165, 1.54) is 24.5 Å². The van der Waals surface area contributed by atoms with Crippen LogP contribution in [0.5, 0.6) is 0 Å². The number of imidazole rings is 1. The zero-order valence-corrected chi connectivity index (χ0v) is 23.6. The molecule has 0 aliphatic rings. The van der Waals surface area contributed by atoms with Crippen molar-refractivity contribution in [3.8, 4) is 33.9 Å². The lowest BCUT2D eigenvalue weighted by atomic mass is 10.0. The SMILES string of the molecule is CN(C)Cc1cncc(-c2ncc3[nH]nc(-c4nc5c(-c6cc(F)cc(CNS(C)(=O)=O)c6)ccnc5[nH]4)c3c2F)c1. The molecule has 0 aliphatic heterocycles. The summed E-state index contributed by atoms with van der Waals surface area (Å²) in [7, 11) is 0.405. The molecule has 0 aliphatic carbocycles. The van der Waals surface area contributed by atoms with Gasteiger partial charge in [-0.1, -0.05) is 0 Å². The van der Waals surface area contributed by atoms with Crippen molar-refractivity contribution in [3.05, 3.63) is 77.9 Å². The highest BCUT2D eigenvalue weighted by Gasteiger charge is 2.22. The fourth-order valence-electron chi connectivity index (χ4n) is 4.79. The number of aromatic nitrogens is 7. The molecular weight excluding hydrogens is 564 g/mol. The molecule has 0 spiro atoms. The van der Waals surface area contributed by atoms with E-state index in [-0.39, 0.29) is 29.1 Å². The molecule has 3 N–H and O–H groups in total. The number of hydrogen-bond acceptors (Lipinski definition) is 8. The molecule has 0 saturated heterocycles. The first-order valence-corrected chi connectivity index (χ1v) is 14.7. The average Bonchev–Trinajstić information content (AvgIpc) is 3.56. The van der Waals surface area contributed by atoms with Crippen molar-refractivity contribution in [1.29, 1.82) is 0 Å². The maximum atomic E-state index is 16.1. The third-order valence-corrected chi connectivity index (χ3v) is 7.20. The van der Waals surface area contributed by atoms with Crippen molar-refractivity contribution in [1.82, 2.24) is 44.7 Å². The highest BCUT2D eigenvalue weighted by atomic mass is 32.2. The van der Waals surface area contributed by atoms with Crippen molar-refractivity contribution >= 4 is 32.1 Å². The van der Waals surface area contributed by atoms with Gasteiger partial charge < -0.3 is 9.88 Å². The van der Waals surface area contributed by atoms with Crippen LogP contribution < -0.4 is 4.72 Å². The Morgan fingerprint density at radius 2 is 1.79 bits per heavy atom.